The molecule has 9 heteroatoms. The Kier molecular flexibility index (Phi) is 4.66. The molecule has 28 heavy (non-hydrogen) atoms. The predicted molar refractivity (Wildman–Crippen MR) is 95.4 cm³/mol. The molecule has 0 spiro atoms. The van der Waals surface area contributed by atoms with Gasteiger partial charge < -0.3 is 9.84 Å². The van der Waals surface area contributed by atoms with E-state index in [-0.39, 0.29) is 24.1 Å². The van der Waals surface area contributed by atoms with Crippen LogP contribution in [0.5, 0.6) is 0 Å². The number of esters is 1. The third-order valence-electron chi connectivity index (χ3n) is 4.69. The summed E-state index contributed by atoms with van der Waals surface area (Å²) < 4.78 is 5.37. The first-order valence-corrected chi connectivity index (χ1v) is 8.82. The van der Waals surface area contributed by atoms with Gasteiger partial charge in [-0.25, -0.2) is 9.59 Å². The van der Waals surface area contributed by atoms with Crippen LogP contribution in [0.4, 0.5) is 4.79 Å². The van der Waals surface area contributed by atoms with Crippen molar-refractivity contribution in [1.82, 2.24) is 9.96 Å². The van der Waals surface area contributed by atoms with Crippen molar-refractivity contribution in [3.63, 3.8) is 0 Å². The number of carbonyl (C=O) groups excluding carboxylic acids is 3. The highest BCUT2D eigenvalue weighted by molar-refractivity contribution is 6.20. The van der Waals surface area contributed by atoms with Crippen molar-refractivity contribution in [3.8, 4) is 0 Å². The minimum atomic E-state index is -1.50. The van der Waals surface area contributed by atoms with E-state index >= 15 is 0 Å². The summed E-state index contributed by atoms with van der Waals surface area (Å²) in [6.07, 6.45) is -2.24. The average Bonchev–Trinajstić information content (AvgIpc) is 3.05. The van der Waals surface area contributed by atoms with E-state index in [1.54, 1.807) is 32.9 Å². The number of nitrogens with zero attached hydrogens (tertiary/aromatic N) is 2. The van der Waals surface area contributed by atoms with E-state index in [0.717, 1.165) is 4.90 Å². The third-order valence-corrected chi connectivity index (χ3v) is 4.69. The van der Waals surface area contributed by atoms with Crippen molar-refractivity contribution in [1.29, 1.82) is 0 Å². The minimum Gasteiger partial charge on any atom is -0.465 e. The molecule has 2 heterocycles. The second-order valence-electron chi connectivity index (χ2n) is 8.05. The first-order valence-electron chi connectivity index (χ1n) is 8.82. The molecule has 9 nitrogen and oxygen atoms in total. The number of carbonyl (C=O) groups is 4. The van der Waals surface area contributed by atoms with Gasteiger partial charge in [-0.1, -0.05) is 12.1 Å². The Labute approximate surface area is 161 Å². The molecule has 150 valence electrons. The lowest BCUT2D eigenvalue weighted by molar-refractivity contribution is -0.166. The molecule has 0 saturated carbocycles. The van der Waals surface area contributed by atoms with E-state index < -0.39 is 41.1 Å². The Morgan fingerprint density at radius 3 is 2.14 bits per heavy atom. The second-order valence-corrected chi connectivity index (χ2v) is 8.05. The van der Waals surface area contributed by atoms with Crippen molar-refractivity contribution < 1.29 is 33.9 Å². The Hall–Kier alpha value is -2.94. The molecular formula is C19H22N2O7. The quantitative estimate of drug-likeness (QED) is 0.621. The molecule has 0 aromatic heterocycles. The lowest BCUT2D eigenvalue weighted by Gasteiger charge is -2.33. The van der Waals surface area contributed by atoms with Gasteiger partial charge >= 0.3 is 12.1 Å². The van der Waals surface area contributed by atoms with Gasteiger partial charge in [-0.05, 0) is 39.8 Å². The highest BCUT2D eigenvalue weighted by Gasteiger charge is 2.54. The van der Waals surface area contributed by atoms with E-state index in [0.29, 0.717) is 5.06 Å². The Balaban J connectivity index is 1.80. The number of hydrogen-bond donors (Lipinski definition) is 1. The van der Waals surface area contributed by atoms with E-state index in [9.17, 15) is 24.3 Å². The first kappa shape index (κ1) is 19.8. The highest BCUT2D eigenvalue weighted by Crippen LogP contribution is 2.35. The van der Waals surface area contributed by atoms with E-state index in [1.165, 1.54) is 19.1 Å². The summed E-state index contributed by atoms with van der Waals surface area (Å²) in [7, 11) is 0. The van der Waals surface area contributed by atoms with E-state index in [2.05, 4.69) is 0 Å². The summed E-state index contributed by atoms with van der Waals surface area (Å²) in [6.45, 7) is 6.31. The molecule has 1 saturated heterocycles. The number of imide groups is 1. The smallest absolute Gasteiger partial charge is 0.408 e. The molecule has 3 rings (SSSR count). The third kappa shape index (κ3) is 3.33. The van der Waals surface area contributed by atoms with Gasteiger partial charge in [-0.3, -0.25) is 19.3 Å². The zero-order valence-electron chi connectivity index (χ0n) is 16.1. The minimum absolute atomic E-state index is 0.0539. The van der Waals surface area contributed by atoms with Gasteiger partial charge in [0.1, 0.15) is 17.2 Å². The largest absolute Gasteiger partial charge is 0.465 e. The van der Waals surface area contributed by atoms with Crippen molar-refractivity contribution in [2.45, 2.75) is 51.4 Å². The van der Waals surface area contributed by atoms with Gasteiger partial charge in [0.05, 0.1) is 17.7 Å². The SMILES string of the molecule is CC(C)(C)OC(=O)C1(C)CC(ON2C(=O)c3ccccc3C2=O)CN1C(=O)O. The van der Waals surface area contributed by atoms with E-state index in [4.69, 9.17) is 9.57 Å². The molecule has 0 aliphatic carbocycles. The fourth-order valence-corrected chi connectivity index (χ4v) is 3.38. The summed E-state index contributed by atoms with van der Waals surface area (Å²) in [6, 6.07) is 6.30. The van der Waals surface area contributed by atoms with Crippen LogP contribution in [0, 0.1) is 0 Å². The zero-order chi connectivity index (χ0) is 20.9. The summed E-state index contributed by atoms with van der Waals surface area (Å²) in [4.78, 5) is 55.7. The standard InChI is InChI=1S/C19H22N2O7/c1-18(2,3)27-16(24)19(4)9-11(10-20(19)17(25)26)28-21-14(22)12-7-5-6-8-13(12)15(21)23/h5-8,11H,9-10H2,1-4H3,(H,25,26). The number of fused-ring (bicyclic) bond motifs is 1. The summed E-state index contributed by atoms with van der Waals surface area (Å²) >= 11 is 0. The lowest BCUT2D eigenvalue weighted by Crippen LogP contribution is -2.52. The number of amides is 3. The lowest BCUT2D eigenvalue weighted by atomic mass is 9.98. The molecule has 1 N–H and O–H groups in total. The molecular weight excluding hydrogens is 368 g/mol. The zero-order valence-corrected chi connectivity index (χ0v) is 16.1. The normalized spacial score (nSPS) is 24.5. The second kappa shape index (κ2) is 6.59. The van der Waals surface area contributed by atoms with Gasteiger partial charge in [0.15, 0.2) is 0 Å². The topological polar surface area (TPSA) is 113 Å². The van der Waals surface area contributed by atoms with Crippen LogP contribution in [0.15, 0.2) is 24.3 Å². The Bertz CT molecular complexity index is 825. The van der Waals surface area contributed by atoms with Gasteiger partial charge in [-0.15, -0.1) is 5.06 Å². The van der Waals surface area contributed by atoms with Crippen LogP contribution >= 0.6 is 0 Å². The monoisotopic (exact) mass is 390 g/mol. The molecule has 1 fully saturated rings. The van der Waals surface area contributed by atoms with Crippen LogP contribution in [0.3, 0.4) is 0 Å². The van der Waals surface area contributed by atoms with Crippen molar-refractivity contribution in [3.05, 3.63) is 35.4 Å². The Morgan fingerprint density at radius 2 is 1.68 bits per heavy atom. The van der Waals surface area contributed by atoms with Crippen molar-refractivity contribution >= 4 is 23.9 Å². The molecule has 1 aromatic carbocycles. The van der Waals surface area contributed by atoms with Crippen LogP contribution in [-0.4, -0.2) is 62.7 Å². The van der Waals surface area contributed by atoms with Crippen molar-refractivity contribution in [2.24, 2.45) is 0 Å². The van der Waals surface area contributed by atoms with E-state index in [1.807, 2.05) is 0 Å². The molecule has 1 aromatic rings. The molecule has 0 radical (unpaired) electrons. The Morgan fingerprint density at radius 1 is 1.14 bits per heavy atom. The summed E-state index contributed by atoms with van der Waals surface area (Å²) in [5.41, 5.74) is -1.86. The number of benzene rings is 1. The maximum atomic E-state index is 12.7. The molecule has 2 atom stereocenters. The molecule has 0 bridgehead atoms. The molecule has 2 aliphatic heterocycles. The van der Waals surface area contributed by atoms with Crippen LogP contribution in [-0.2, 0) is 14.4 Å². The number of ether oxygens (including phenoxy) is 1. The maximum absolute atomic E-state index is 12.7. The number of hydroxylamine groups is 2. The molecule has 2 aliphatic rings. The molecule has 2 unspecified atom stereocenters. The van der Waals surface area contributed by atoms with Gasteiger partial charge in [0, 0.05) is 6.42 Å². The van der Waals surface area contributed by atoms with Crippen LogP contribution in [0.1, 0.15) is 54.8 Å². The van der Waals surface area contributed by atoms with Gasteiger partial charge in [0.2, 0.25) is 0 Å². The summed E-state index contributed by atoms with van der Waals surface area (Å²) in [5, 5.41) is 10.2. The van der Waals surface area contributed by atoms with Crippen LogP contribution in [0.25, 0.3) is 0 Å². The van der Waals surface area contributed by atoms with Crippen molar-refractivity contribution in [2.75, 3.05) is 6.54 Å². The highest BCUT2D eigenvalue weighted by atomic mass is 16.7. The molecule has 3 amide bonds. The van der Waals surface area contributed by atoms with Gasteiger partial charge in [-0.2, -0.15) is 0 Å². The number of likely N-dealkylation sites (tertiary alicyclic amines) is 1. The van der Waals surface area contributed by atoms with Gasteiger partial charge in [0.25, 0.3) is 11.8 Å². The first-order chi connectivity index (χ1) is 12.9. The average molecular weight is 390 g/mol. The van der Waals surface area contributed by atoms with Crippen LogP contribution in [0.2, 0.25) is 0 Å². The fourth-order valence-electron chi connectivity index (χ4n) is 3.38. The van der Waals surface area contributed by atoms with Crippen LogP contribution < -0.4 is 0 Å². The fraction of sp³-hybridized carbons (Fsp3) is 0.474. The number of hydrogen-bond acceptors (Lipinski definition) is 6. The maximum Gasteiger partial charge on any atom is 0.408 e. The summed E-state index contributed by atoms with van der Waals surface area (Å²) in [5.74, 6) is -1.95. The predicted octanol–water partition coefficient (Wildman–Crippen LogP) is 2.07. The number of carboxylic acid groups (broad SMARTS) is 1. The number of rotatable bonds is 3.